The Bertz CT molecular complexity index is 453. The first-order valence-corrected chi connectivity index (χ1v) is 5.69. The first kappa shape index (κ1) is 11.0. The van der Waals surface area contributed by atoms with Gasteiger partial charge in [0.05, 0.1) is 18.4 Å². The van der Waals surface area contributed by atoms with Crippen molar-refractivity contribution < 1.29 is 4.74 Å². The Labute approximate surface area is 102 Å². The summed E-state index contributed by atoms with van der Waals surface area (Å²) in [6.45, 7) is 1.26. The molecule has 0 unspecified atom stereocenters. The van der Waals surface area contributed by atoms with Crippen LogP contribution >= 0.6 is 15.9 Å². The Morgan fingerprint density at radius 1 is 1.31 bits per heavy atom. The molecule has 0 aliphatic heterocycles. The van der Waals surface area contributed by atoms with Crippen molar-refractivity contribution in [3.63, 3.8) is 0 Å². The zero-order valence-corrected chi connectivity index (χ0v) is 10.2. The molecular weight excluding hydrogens is 270 g/mol. The number of hydrogen-bond acceptors (Lipinski definition) is 3. The Hall–Kier alpha value is -1.49. The summed E-state index contributed by atoms with van der Waals surface area (Å²) in [5.41, 5.74) is 6.22. The molecule has 16 heavy (non-hydrogen) atoms. The van der Waals surface area contributed by atoms with Crippen molar-refractivity contribution in [2.45, 2.75) is 6.54 Å². The van der Waals surface area contributed by atoms with Gasteiger partial charge in [-0.15, -0.1) is 0 Å². The molecule has 2 rings (SSSR count). The number of anilines is 1. The normalized spacial score (nSPS) is 10.3. The van der Waals surface area contributed by atoms with E-state index in [0.29, 0.717) is 18.8 Å². The van der Waals surface area contributed by atoms with E-state index in [4.69, 9.17) is 10.5 Å². The number of aromatic nitrogens is 2. The van der Waals surface area contributed by atoms with Crippen molar-refractivity contribution in [3.05, 3.63) is 41.1 Å². The van der Waals surface area contributed by atoms with Gasteiger partial charge < -0.3 is 10.5 Å². The molecule has 0 aliphatic carbocycles. The van der Waals surface area contributed by atoms with E-state index in [1.54, 1.807) is 17.1 Å². The van der Waals surface area contributed by atoms with Crippen LogP contribution < -0.4 is 10.5 Å². The predicted octanol–water partition coefficient (Wildman–Crippen LogP) is 2.31. The Kier molecular flexibility index (Phi) is 3.46. The number of benzene rings is 1. The molecule has 0 radical (unpaired) electrons. The van der Waals surface area contributed by atoms with E-state index < -0.39 is 0 Å². The SMILES string of the molecule is Nc1cnn(CCOc2ccc(Br)cc2)c1. The van der Waals surface area contributed by atoms with Crippen LogP contribution in [0.15, 0.2) is 41.1 Å². The molecule has 1 heterocycles. The van der Waals surface area contributed by atoms with Crippen molar-refractivity contribution in [1.29, 1.82) is 0 Å². The average molecular weight is 282 g/mol. The lowest BCUT2D eigenvalue weighted by atomic mass is 10.3. The first-order chi connectivity index (χ1) is 7.74. The number of nitrogens with zero attached hydrogens (tertiary/aromatic N) is 2. The molecule has 0 amide bonds. The van der Waals surface area contributed by atoms with E-state index in [2.05, 4.69) is 21.0 Å². The standard InChI is InChI=1S/C11H12BrN3O/c12-9-1-3-11(4-2-9)16-6-5-15-8-10(13)7-14-15/h1-4,7-8H,5-6,13H2. The number of hydrogen-bond donors (Lipinski definition) is 1. The van der Waals surface area contributed by atoms with Gasteiger partial charge in [-0.3, -0.25) is 4.68 Å². The van der Waals surface area contributed by atoms with Crippen molar-refractivity contribution in [2.75, 3.05) is 12.3 Å². The monoisotopic (exact) mass is 281 g/mol. The van der Waals surface area contributed by atoms with Crippen molar-refractivity contribution in [3.8, 4) is 5.75 Å². The molecule has 2 N–H and O–H groups in total. The van der Waals surface area contributed by atoms with Gasteiger partial charge in [0.25, 0.3) is 0 Å². The Balaban J connectivity index is 1.82. The van der Waals surface area contributed by atoms with E-state index in [1.807, 2.05) is 24.3 Å². The van der Waals surface area contributed by atoms with Crippen LogP contribution in [0.25, 0.3) is 0 Å². The van der Waals surface area contributed by atoms with E-state index in [9.17, 15) is 0 Å². The van der Waals surface area contributed by atoms with E-state index in [-0.39, 0.29) is 0 Å². The largest absolute Gasteiger partial charge is 0.492 e. The van der Waals surface area contributed by atoms with Gasteiger partial charge in [-0.05, 0) is 24.3 Å². The third-order valence-corrected chi connectivity index (χ3v) is 2.58. The molecule has 5 heteroatoms. The van der Waals surface area contributed by atoms with Crippen LogP contribution in [-0.4, -0.2) is 16.4 Å². The molecule has 84 valence electrons. The number of rotatable bonds is 4. The smallest absolute Gasteiger partial charge is 0.119 e. The zero-order valence-electron chi connectivity index (χ0n) is 8.64. The highest BCUT2D eigenvalue weighted by Crippen LogP contribution is 2.15. The van der Waals surface area contributed by atoms with Crippen molar-refractivity contribution >= 4 is 21.6 Å². The minimum Gasteiger partial charge on any atom is -0.492 e. The van der Waals surface area contributed by atoms with Gasteiger partial charge in [0.15, 0.2) is 0 Å². The predicted molar refractivity (Wildman–Crippen MR) is 66.3 cm³/mol. The number of nitrogens with two attached hydrogens (primary N) is 1. The van der Waals surface area contributed by atoms with Crippen LogP contribution in [0.4, 0.5) is 5.69 Å². The summed E-state index contributed by atoms with van der Waals surface area (Å²) < 4.78 is 8.35. The quantitative estimate of drug-likeness (QED) is 0.936. The third-order valence-electron chi connectivity index (χ3n) is 2.06. The van der Waals surface area contributed by atoms with Crippen molar-refractivity contribution in [2.24, 2.45) is 0 Å². The topological polar surface area (TPSA) is 53.1 Å². The third kappa shape index (κ3) is 3.00. The van der Waals surface area contributed by atoms with Crippen LogP contribution in [0.2, 0.25) is 0 Å². The lowest BCUT2D eigenvalue weighted by molar-refractivity contribution is 0.291. The minimum atomic E-state index is 0.572. The maximum absolute atomic E-state index is 5.55. The summed E-state index contributed by atoms with van der Waals surface area (Å²) in [7, 11) is 0. The zero-order chi connectivity index (χ0) is 11.4. The van der Waals surface area contributed by atoms with Gasteiger partial charge >= 0.3 is 0 Å². The molecule has 4 nitrogen and oxygen atoms in total. The molecule has 0 saturated heterocycles. The number of nitrogen functional groups attached to an aromatic ring is 1. The molecule has 0 atom stereocenters. The second kappa shape index (κ2) is 5.03. The second-order valence-electron chi connectivity index (χ2n) is 3.34. The molecular formula is C11H12BrN3O. The molecule has 0 bridgehead atoms. The molecule has 0 saturated carbocycles. The van der Waals surface area contributed by atoms with Crippen LogP contribution in [0.1, 0.15) is 0 Å². The minimum absolute atomic E-state index is 0.572. The van der Waals surface area contributed by atoms with Crippen LogP contribution in [0, 0.1) is 0 Å². The molecule has 0 spiro atoms. The fraction of sp³-hybridized carbons (Fsp3) is 0.182. The summed E-state index contributed by atoms with van der Waals surface area (Å²) >= 11 is 3.37. The summed E-state index contributed by atoms with van der Waals surface area (Å²) in [6, 6.07) is 7.73. The van der Waals surface area contributed by atoms with Crippen LogP contribution in [0.3, 0.4) is 0 Å². The lowest BCUT2D eigenvalue weighted by Gasteiger charge is -2.05. The summed E-state index contributed by atoms with van der Waals surface area (Å²) in [4.78, 5) is 0. The molecule has 2 aromatic rings. The number of halogens is 1. The maximum atomic E-state index is 5.55. The molecule has 0 aliphatic rings. The first-order valence-electron chi connectivity index (χ1n) is 4.90. The van der Waals surface area contributed by atoms with E-state index >= 15 is 0 Å². The summed E-state index contributed by atoms with van der Waals surface area (Å²) in [5, 5.41) is 4.07. The second-order valence-corrected chi connectivity index (χ2v) is 4.25. The van der Waals surface area contributed by atoms with Gasteiger partial charge in [-0.1, -0.05) is 15.9 Å². The number of ether oxygens (including phenoxy) is 1. The highest BCUT2D eigenvalue weighted by atomic mass is 79.9. The fourth-order valence-electron chi connectivity index (χ4n) is 1.29. The van der Waals surface area contributed by atoms with Gasteiger partial charge in [0, 0.05) is 10.7 Å². The highest BCUT2D eigenvalue weighted by molar-refractivity contribution is 9.10. The lowest BCUT2D eigenvalue weighted by Crippen LogP contribution is -2.08. The highest BCUT2D eigenvalue weighted by Gasteiger charge is 1.96. The summed E-state index contributed by atoms with van der Waals surface area (Å²) in [5.74, 6) is 0.850. The van der Waals surface area contributed by atoms with Crippen LogP contribution in [-0.2, 0) is 6.54 Å². The Morgan fingerprint density at radius 3 is 2.69 bits per heavy atom. The fourth-order valence-corrected chi connectivity index (χ4v) is 1.55. The van der Waals surface area contributed by atoms with E-state index in [0.717, 1.165) is 10.2 Å². The molecule has 1 aromatic carbocycles. The van der Waals surface area contributed by atoms with E-state index in [1.165, 1.54) is 0 Å². The summed E-state index contributed by atoms with van der Waals surface area (Å²) in [6.07, 6.45) is 3.41. The van der Waals surface area contributed by atoms with Crippen molar-refractivity contribution in [1.82, 2.24) is 9.78 Å². The van der Waals surface area contributed by atoms with Crippen LogP contribution in [0.5, 0.6) is 5.75 Å². The molecule has 0 fully saturated rings. The van der Waals surface area contributed by atoms with Gasteiger partial charge in [0.1, 0.15) is 12.4 Å². The van der Waals surface area contributed by atoms with Gasteiger partial charge in [-0.2, -0.15) is 5.10 Å². The Morgan fingerprint density at radius 2 is 2.06 bits per heavy atom. The maximum Gasteiger partial charge on any atom is 0.119 e. The molecule has 1 aromatic heterocycles. The average Bonchev–Trinajstić information content (AvgIpc) is 2.67. The van der Waals surface area contributed by atoms with Gasteiger partial charge in [0.2, 0.25) is 0 Å². The van der Waals surface area contributed by atoms with Gasteiger partial charge in [-0.25, -0.2) is 0 Å².